The third-order valence-electron chi connectivity index (χ3n) is 15.1. The Labute approximate surface area is 312 Å². The van der Waals surface area contributed by atoms with E-state index in [1.165, 1.54) is 0 Å². The number of allylic oxidation sites excluding steroid dienone is 1. The lowest BCUT2D eigenvalue weighted by atomic mass is 9.42. The molecule has 5 N–H and O–H groups in total. The second-order valence-corrected chi connectivity index (χ2v) is 17.8. The molecule has 8 rings (SSSR count). The van der Waals surface area contributed by atoms with Gasteiger partial charge < -0.3 is 49.2 Å². The molecule has 0 spiro atoms. The number of rotatable bonds is 6. The van der Waals surface area contributed by atoms with E-state index in [0.717, 1.165) is 43.2 Å². The second kappa shape index (κ2) is 14.1. The summed E-state index contributed by atoms with van der Waals surface area (Å²) in [4.78, 5) is 12.6. The van der Waals surface area contributed by atoms with Crippen LogP contribution in [0.25, 0.3) is 6.08 Å². The van der Waals surface area contributed by atoms with Crippen molar-refractivity contribution in [2.24, 2.45) is 34.5 Å². The number of hydrogen-bond donors (Lipinski definition) is 5. The molecule has 53 heavy (non-hydrogen) atoms. The van der Waals surface area contributed by atoms with Crippen molar-refractivity contribution in [1.82, 2.24) is 0 Å². The van der Waals surface area contributed by atoms with Crippen LogP contribution in [0.3, 0.4) is 0 Å². The summed E-state index contributed by atoms with van der Waals surface area (Å²) in [5.74, 6) is 0.446. The van der Waals surface area contributed by atoms with Gasteiger partial charge >= 0.3 is 5.97 Å². The first-order valence-electron chi connectivity index (χ1n) is 20.0. The van der Waals surface area contributed by atoms with Crippen molar-refractivity contribution >= 4 is 12.0 Å². The third-order valence-corrected chi connectivity index (χ3v) is 15.1. The number of aliphatic hydroxyl groups excluding tert-OH is 4. The molecule has 2 saturated heterocycles. The van der Waals surface area contributed by atoms with Crippen LogP contribution in [0.2, 0.25) is 0 Å². The van der Waals surface area contributed by atoms with Gasteiger partial charge in [-0.25, -0.2) is 4.79 Å². The molecule has 6 fully saturated rings. The highest BCUT2D eigenvalue weighted by Gasteiger charge is 2.71. The van der Waals surface area contributed by atoms with E-state index in [1.54, 1.807) is 13.0 Å². The summed E-state index contributed by atoms with van der Waals surface area (Å²) in [6, 6.07) is 9.77. The van der Waals surface area contributed by atoms with Gasteiger partial charge in [-0.1, -0.05) is 44.2 Å². The Kier molecular flexibility index (Phi) is 10.0. The Balaban J connectivity index is 0.920. The van der Waals surface area contributed by atoms with Gasteiger partial charge in [0.25, 0.3) is 0 Å². The summed E-state index contributed by atoms with van der Waals surface area (Å²) in [6.45, 7) is 7.92. The number of esters is 1. The molecule has 1 aromatic rings. The fourth-order valence-corrected chi connectivity index (χ4v) is 12.1. The van der Waals surface area contributed by atoms with Gasteiger partial charge in [-0.2, -0.15) is 0 Å². The molecule has 17 atom stereocenters. The predicted molar refractivity (Wildman–Crippen MR) is 192 cm³/mol. The minimum atomic E-state index is -1.08. The molecule has 0 radical (unpaired) electrons. The van der Waals surface area contributed by atoms with Crippen LogP contribution >= 0.6 is 0 Å². The number of fused-ring (bicyclic) bond motifs is 5. The topological polar surface area (TPSA) is 164 Å². The Hall–Kier alpha value is -2.19. The van der Waals surface area contributed by atoms with E-state index in [0.29, 0.717) is 30.9 Å². The predicted octanol–water partition coefficient (Wildman–Crippen LogP) is 4.38. The van der Waals surface area contributed by atoms with E-state index in [4.69, 9.17) is 23.7 Å². The van der Waals surface area contributed by atoms with Crippen LogP contribution in [0.4, 0.5) is 0 Å². The molecule has 3 aliphatic heterocycles. The monoisotopic (exact) mass is 738 g/mol. The van der Waals surface area contributed by atoms with Crippen LogP contribution in [-0.2, 0) is 28.5 Å². The molecular weight excluding hydrogens is 680 g/mol. The maximum atomic E-state index is 12.9. The lowest BCUT2D eigenvalue weighted by molar-refractivity contribution is -0.318. The van der Waals surface area contributed by atoms with Crippen LogP contribution < -0.4 is 0 Å². The number of carbonyl (C=O) groups is 1. The first-order valence-corrected chi connectivity index (χ1v) is 20.0. The van der Waals surface area contributed by atoms with Gasteiger partial charge in [-0.3, -0.25) is 0 Å². The van der Waals surface area contributed by atoms with E-state index < -0.39 is 72.3 Å². The number of benzene rings is 1. The van der Waals surface area contributed by atoms with Crippen LogP contribution in [0.5, 0.6) is 0 Å². The van der Waals surface area contributed by atoms with E-state index in [9.17, 15) is 30.3 Å². The molecule has 4 saturated carbocycles. The van der Waals surface area contributed by atoms with E-state index >= 15 is 0 Å². The van der Waals surface area contributed by atoms with Crippen LogP contribution in [0.1, 0.15) is 97.5 Å². The highest BCUT2D eigenvalue weighted by molar-refractivity contribution is 5.90. The standard InChI is InChI=1S/C42H58O11/c1-22-38(47)31(43)20-37(49-22)53-39-23(2)50-36(21-32(39)44)51-26-12-14-40(3)25(17-26)10-11-29-30(40)19-34(45)41(4)28(13-15-42(29,41)48)27-18-35(46)52-33(27)16-24-8-6-5-7-9-24/h5-9,16,18,22-23,25-26,28-32,34,36-39,43-45,47-48H,10-15,17,19-21H2,1-4H3/t22?,23?,25-,26+,28-,29-,30+,31-,32-,34-,36+,37-,38?,39?,40+,41+,42+/m1/s1. The summed E-state index contributed by atoms with van der Waals surface area (Å²) in [5, 5.41) is 56.3. The fraction of sp³-hybridized carbons (Fsp3) is 0.738. The number of cyclic esters (lactones) is 1. The van der Waals surface area contributed by atoms with Crippen molar-refractivity contribution in [1.29, 1.82) is 0 Å². The summed E-state index contributed by atoms with van der Waals surface area (Å²) in [7, 11) is 0. The quantitative estimate of drug-likeness (QED) is 0.208. The minimum absolute atomic E-state index is 0.0370. The van der Waals surface area contributed by atoms with Crippen molar-refractivity contribution in [3.8, 4) is 0 Å². The van der Waals surface area contributed by atoms with E-state index in [1.807, 2.05) is 50.3 Å². The summed E-state index contributed by atoms with van der Waals surface area (Å²) in [6.07, 6.45) is 3.45. The van der Waals surface area contributed by atoms with Crippen molar-refractivity contribution in [3.63, 3.8) is 0 Å². The molecule has 0 bridgehead atoms. The Morgan fingerprint density at radius 1 is 0.811 bits per heavy atom. The Morgan fingerprint density at radius 3 is 2.26 bits per heavy atom. The molecular formula is C42H58O11. The highest BCUT2D eigenvalue weighted by atomic mass is 16.7. The van der Waals surface area contributed by atoms with Gasteiger partial charge in [-0.05, 0) is 106 Å². The first-order chi connectivity index (χ1) is 25.2. The molecule has 1 aromatic carbocycles. The summed E-state index contributed by atoms with van der Waals surface area (Å²) in [5.41, 5.74) is -0.265. The van der Waals surface area contributed by atoms with E-state index in [-0.39, 0.29) is 42.1 Å². The maximum Gasteiger partial charge on any atom is 0.336 e. The zero-order valence-corrected chi connectivity index (χ0v) is 31.4. The lowest BCUT2D eigenvalue weighted by Crippen LogP contribution is -2.67. The molecule has 7 aliphatic rings. The molecule has 11 nitrogen and oxygen atoms in total. The zero-order chi connectivity index (χ0) is 37.4. The molecule has 4 aliphatic carbocycles. The molecule has 3 heterocycles. The zero-order valence-electron chi connectivity index (χ0n) is 31.4. The fourth-order valence-electron chi connectivity index (χ4n) is 12.1. The van der Waals surface area contributed by atoms with Gasteiger partial charge in [-0.15, -0.1) is 0 Å². The number of aliphatic hydroxyl groups is 5. The smallest absolute Gasteiger partial charge is 0.336 e. The summed E-state index contributed by atoms with van der Waals surface area (Å²) >= 11 is 0. The normalized spacial score (nSPS) is 50.5. The molecule has 11 heteroatoms. The molecule has 0 aromatic heterocycles. The molecule has 4 unspecified atom stereocenters. The van der Waals surface area contributed by atoms with Gasteiger partial charge in [0, 0.05) is 29.9 Å². The van der Waals surface area contributed by atoms with Crippen molar-refractivity contribution in [2.75, 3.05) is 0 Å². The number of carbonyl (C=O) groups excluding carboxylic acids is 1. The summed E-state index contributed by atoms with van der Waals surface area (Å²) < 4.78 is 30.3. The largest absolute Gasteiger partial charge is 0.423 e. The Morgan fingerprint density at radius 2 is 1.53 bits per heavy atom. The van der Waals surface area contributed by atoms with Crippen molar-refractivity contribution in [2.45, 2.75) is 159 Å². The molecule has 0 amide bonds. The lowest BCUT2D eigenvalue weighted by Gasteiger charge is -2.65. The maximum absolute atomic E-state index is 12.9. The highest BCUT2D eigenvalue weighted by Crippen LogP contribution is 2.70. The van der Waals surface area contributed by atoms with Crippen molar-refractivity contribution < 1.29 is 54.0 Å². The van der Waals surface area contributed by atoms with Crippen LogP contribution in [0.15, 0.2) is 47.7 Å². The average Bonchev–Trinajstić information content (AvgIpc) is 3.61. The first kappa shape index (κ1) is 37.7. The number of ether oxygens (including phenoxy) is 5. The number of hydrogen-bond acceptors (Lipinski definition) is 11. The minimum Gasteiger partial charge on any atom is -0.423 e. The average molecular weight is 739 g/mol. The third kappa shape index (κ3) is 6.36. The van der Waals surface area contributed by atoms with Crippen LogP contribution in [-0.4, -0.2) is 98.5 Å². The second-order valence-electron chi connectivity index (χ2n) is 17.8. The van der Waals surface area contributed by atoms with Crippen LogP contribution in [0, 0.1) is 34.5 Å². The SMILES string of the molecule is CC1O[C@H](OC2C(C)O[C@@H](O[C@H]3CC[C@@]4(C)[C@H](CC[C@@H]5[C@@H]4C[C@@H](O)[C@]4(C)[C@@H](C6=CC(=O)OC6=Cc6ccccc6)CC[C@]54O)C3)C[C@H]2O)C[C@@H](O)C1O. The molecule has 292 valence electrons. The van der Waals surface area contributed by atoms with Gasteiger partial charge in [0.2, 0.25) is 0 Å². The van der Waals surface area contributed by atoms with Crippen molar-refractivity contribution in [3.05, 3.63) is 53.3 Å². The van der Waals surface area contributed by atoms with Gasteiger partial charge in [0.15, 0.2) is 12.6 Å². The van der Waals surface area contributed by atoms with E-state index in [2.05, 4.69) is 6.92 Å². The van der Waals surface area contributed by atoms with Gasteiger partial charge in [0.1, 0.15) is 18.0 Å². The Bertz CT molecular complexity index is 1560. The van der Waals surface area contributed by atoms with Gasteiger partial charge in [0.05, 0.1) is 42.2 Å².